The number of likely N-dealkylation sites (N-methyl/N-ethyl adjacent to an activating group) is 2. The number of H-pyrrole nitrogens is 2. The van der Waals surface area contributed by atoms with E-state index in [1.807, 2.05) is 20.0 Å². The predicted octanol–water partition coefficient (Wildman–Crippen LogP) is 5.45. The van der Waals surface area contributed by atoms with Crippen molar-refractivity contribution < 1.29 is 71.8 Å². The molecule has 2 bridgehead atoms. The number of alkyl halides is 2. The van der Waals surface area contributed by atoms with E-state index in [2.05, 4.69) is 36.6 Å². The lowest BCUT2D eigenvalue weighted by Gasteiger charge is -2.69. The number of amides is 9. The van der Waals surface area contributed by atoms with Gasteiger partial charge in [-0.1, -0.05) is 26.0 Å². The molecule has 0 spiro atoms. The highest BCUT2D eigenvalue weighted by molar-refractivity contribution is 7.46. The van der Waals surface area contributed by atoms with Gasteiger partial charge in [0.25, 0.3) is 6.41 Å². The summed E-state index contributed by atoms with van der Waals surface area (Å²) < 4.78 is 29.1. The Morgan fingerprint density at radius 3 is 1.83 bits per heavy atom. The molecule has 4 heterocycles. The third kappa shape index (κ3) is 15.0. The summed E-state index contributed by atoms with van der Waals surface area (Å²) in [6, 6.07) is 5.79. The molecule has 6 unspecified atom stereocenters. The Morgan fingerprint density at radius 2 is 1.31 bits per heavy atom. The number of carbonyl (C=O) groups excluding carboxylic acids is 8. The molecule has 2 aliphatic heterocycles. The molecule has 5 aromatic rings. The van der Waals surface area contributed by atoms with E-state index in [0.29, 0.717) is 84.1 Å². The van der Waals surface area contributed by atoms with Crippen molar-refractivity contribution >= 4 is 117 Å². The van der Waals surface area contributed by atoms with Gasteiger partial charge in [-0.25, -0.2) is 19.1 Å². The molecular formula is C63H84Cl2N13O15P. The van der Waals surface area contributed by atoms with Gasteiger partial charge in [0.05, 0.1) is 33.2 Å². The number of nitrogens with one attached hydrogen (secondary N) is 7. The average Bonchev–Trinajstić information content (AvgIpc) is 0.898. The Morgan fingerprint density at radius 1 is 0.766 bits per heavy atom. The molecule has 31 heteroatoms. The molecule has 9 amide bonds. The van der Waals surface area contributed by atoms with Gasteiger partial charge in [-0.15, -0.1) is 23.2 Å². The fourth-order valence-corrected chi connectivity index (χ4v) is 14.4. The lowest BCUT2D eigenvalue weighted by atomic mass is 9.34. The molecule has 2 aromatic heterocycles. The highest BCUT2D eigenvalue weighted by atomic mass is 35.5. The molecule has 5 aliphatic rings. The number of carbonyl (C=O) groups is 8. The summed E-state index contributed by atoms with van der Waals surface area (Å²) in [5, 5.41) is 26.4. The molecule has 3 aromatic carbocycles. The lowest BCUT2D eigenvalue weighted by molar-refractivity contribution is -0.205. The van der Waals surface area contributed by atoms with Crippen molar-refractivity contribution in [3.05, 3.63) is 76.6 Å². The Balaban J connectivity index is 0.788. The number of urea groups is 1. The minimum Gasteiger partial charge on any atom is -0.449 e. The highest BCUT2D eigenvalue weighted by Crippen LogP contribution is 2.75. The maximum absolute atomic E-state index is 15.0. The summed E-state index contributed by atoms with van der Waals surface area (Å²) in [5.41, 5.74) is 15.4. The third-order valence-corrected chi connectivity index (χ3v) is 19.5. The number of ether oxygens (including phenoxy) is 2. The van der Waals surface area contributed by atoms with E-state index in [1.165, 1.54) is 29.8 Å². The second-order valence-electron chi connectivity index (χ2n) is 25.6. The maximum Gasteiger partial charge on any atom is 0.524 e. The Hall–Kier alpha value is -7.69. The molecule has 6 atom stereocenters. The van der Waals surface area contributed by atoms with Crippen molar-refractivity contribution in [2.75, 3.05) is 80.2 Å². The van der Waals surface area contributed by atoms with E-state index in [1.54, 1.807) is 67.2 Å². The van der Waals surface area contributed by atoms with Gasteiger partial charge in [-0.2, -0.15) is 0 Å². The van der Waals surface area contributed by atoms with E-state index < -0.39 is 84.9 Å². The number of benzene rings is 3. The molecule has 14 N–H and O–H groups in total. The van der Waals surface area contributed by atoms with Gasteiger partial charge >= 0.3 is 19.9 Å². The number of aliphatic hydroxyl groups is 1. The van der Waals surface area contributed by atoms with E-state index in [-0.39, 0.29) is 99.1 Å². The van der Waals surface area contributed by atoms with Crippen LogP contribution in [0.1, 0.15) is 112 Å². The first kappa shape index (κ1) is 70.6. The number of unbranched alkanes of at least 4 members (excludes halogenated alkanes) is 1. The molecule has 3 fully saturated rings. The van der Waals surface area contributed by atoms with Crippen molar-refractivity contribution in [3.63, 3.8) is 0 Å². The van der Waals surface area contributed by atoms with Crippen LogP contribution in [0.15, 0.2) is 48.8 Å². The summed E-state index contributed by atoms with van der Waals surface area (Å²) >= 11 is 13.2. The molecule has 94 heavy (non-hydrogen) atoms. The number of aromatic nitrogens is 2. The first-order valence-corrected chi connectivity index (χ1v) is 33.9. The van der Waals surface area contributed by atoms with Crippen LogP contribution >= 0.6 is 31.0 Å². The molecule has 28 nitrogen and oxygen atoms in total. The van der Waals surface area contributed by atoms with Crippen LogP contribution in [0.5, 0.6) is 11.5 Å². The average molecular weight is 1370 g/mol. The summed E-state index contributed by atoms with van der Waals surface area (Å²) in [4.78, 5) is 139. The number of primary amides is 1. The van der Waals surface area contributed by atoms with Crippen molar-refractivity contribution in [2.45, 2.75) is 129 Å². The Bertz CT molecular complexity index is 3750. The van der Waals surface area contributed by atoms with Crippen molar-refractivity contribution in [1.82, 2.24) is 41.0 Å². The molecule has 0 radical (unpaired) electrons. The SMILES string of the molecule is CC(=O)NC(CCCCN)C(=O)NC(C(=O)NC(CCCNC(N)=O)C(=O)Nc1ccc(COC(=O)N(C)CCN(C)C(O)Oc2cc3c(c4c(C)c[nH]c24)C(CCl)CN3C(=O)C23CC(C(=O)N4CC(CCl)c5c4cc(OP(=O)(O)O)c4[nH]cc(C)c54)(C2)C3)cc1)C(C)C. The van der Waals surface area contributed by atoms with Gasteiger partial charge < -0.3 is 81.8 Å². The number of anilines is 3. The molecule has 0 saturated heterocycles. The number of fused-ring (bicyclic) bond motifs is 6. The number of nitrogens with two attached hydrogens (primary N) is 2. The highest BCUT2D eigenvalue weighted by Gasteiger charge is 2.76. The fraction of sp³-hybridized carbons (Fsp3) is 0.524. The summed E-state index contributed by atoms with van der Waals surface area (Å²) in [6.45, 7) is 9.64. The fourth-order valence-electron chi connectivity index (χ4n) is 13.5. The summed E-state index contributed by atoms with van der Waals surface area (Å²) in [5.74, 6) is -2.96. The van der Waals surface area contributed by atoms with Gasteiger partial charge in [0.2, 0.25) is 35.4 Å². The zero-order valence-electron chi connectivity index (χ0n) is 53.6. The maximum atomic E-state index is 15.0. The number of hydrogen-bond donors (Lipinski definition) is 12. The minimum atomic E-state index is -4.99. The Labute approximate surface area is 553 Å². The second kappa shape index (κ2) is 29.1. The van der Waals surface area contributed by atoms with Gasteiger partial charge in [0.15, 0.2) is 11.5 Å². The first-order chi connectivity index (χ1) is 44.5. The van der Waals surface area contributed by atoms with Gasteiger partial charge in [0, 0.05) is 111 Å². The number of aliphatic hydroxyl groups excluding tert-OH is 1. The molecule has 10 rings (SSSR count). The third-order valence-electron chi connectivity index (χ3n) is 18.3. The quantitative estimate of drug-likeness (QED) is 0.0118. The number of halogens is 2. The lowest BCUT2D eigenvalue weighted by Crippen LogP contribution is -2.73. The van der Waals surface area contributed by atoms with E-state index >= 15 is 0 Å². The Kier molecular flexibility index (Phi) is 21.9. The monoisotopic (exact) mass is 1360 g/mol. The smallest absolute Gasteiger partial charge is 0.449 e. The standard InChI is InChI=1S/C63H84Cl2N13O15P/c1-33(2)51(74-55(81)41(71-36(5)79)11-8-9-17-66)56(82)73-42(12-10-18-68-59(67)85)54(80)72-40-15-13-37(14-16-40)29-91-60(86)75(6)19-20-76(7)61(87)92-45-21-43-49(47-34(3)25-69-52(45)47)38(23-64)27-77(43)57(83)62-30-63(31-62,32-62)58(84)78-28-39(24-65)50-44(78)22-46(93-94(88,89)90)53-48(50)35(4)26-70-53/h13-16,21-22,25-26,33,38-39,41-42,51,61,69-70,87H,8-12,17-20,23-24,27-32,66H2,1-7H3,(H,71,79)(H,72,80)(H,73,82)(H,74,81)(H3,67,68,85)(H2,88,89,90). The topological polar surface area (TPSA) is 399 Å². The minimum absolute atomic E-state index is 0.0793. The van der Waals surface area contributed by atoms with Crippen LogP contribution in [0.2, 0.25) is 0 Å². The number of hydrogen-bond acceptors (Lipinski definition) is 15. The van der Waals surface area contributed by atoms with Crippen LogP contribution in [0, 0.1) is 30.6 Å². The normalized spacial score (nSPS) is 19.9. The number of aromatic amines is 2. The largest absolute Gasteiger partial charge is 0.524 e. The van der Waals surface area contributed by atoms with E-state index in [0.717, 1.165) is 27.6 Å². The number of rotatable bonds is 30. The molecular weight excluding hydrogens is 1280 g/mol. The van der Waals surface area contributed by atoms with Gasteiger partial charge in [-0.3, -0.25) is 38.6 Å². The zero-order valence-corrected chi connectivity index (χ0v) is 56.0. The van der Waals surface area contributed by atoms with Crippen molar-refractivity contribution in [2.24, 2.45) is 28.2 Å². The molecule has 510 valence electrons. The van der Waals surface area contributed by atoms with Crippen LogP contribution in [-0.2, 0) is 44.7 Å². The second-order valence-corrected chi connectivity index (χ2v) is 27.4. The number of nitrogens with zero attached hydrogens (tertiary/aromatic N) is 4. The number of phosphoric acid groups is 1. The molecule has 3 saturated carbocycles. The number of aryl methyl sites for hydroxylation is 2. The van der Waals surface area contributed by atoms with E-state index in [9.17, 15) is 57.8 Å². The van der Waals surface area contributed by atoms with Crippen molar-refractivity contribution in [1.29, 1.82) is 0 Å². The van der Waals surface area contributed by atoms with E-state index in [4.69, 9.17) is 48.7 Å². The van der Waals surface area contributed by atoms with Gasteiger partial charge in [-0.05, 0) is 125 Å². The summed E-state index contributed by atoms with van der Waals surface area (Å²) in [7, 11) is -1.84. The van der Waals surface area contributed by atoms with Crippen LogP contribution in [0.3, 0.4) is 0 Å². The van der Waals surface area contributed by atoms with Crippen LogP contribution < -0.4 is 57.1 Å². The van der Waals surface area contributed by atoms with Gasteiger partial charge in [0.1, 0.15) is 24.7 Å². The number of phosphoric ester groups is 1. The van der Waals surface area contributed by atoms with Crippen molar-refractivity contribution in [3.8, 4) is 11.5 Å². The van der Waals surface area contributed by atoms with Crippen LogP contribution in [0.25, 0.3) is 21.8 Å². The predicted molar refractivity (Wildman–Crippen MR) is 352 cm³/mol. The van der Waals surface area contributed by atoms with Crippen LogP contribution in [-0.4, -0.2) is 172 Å². The van der Waals surface area contributed by atoms with Crippen LogP contribution in [0.4, 0.5) is 26.7 Å². The summed E-state index contributed by atoms with van der Waals surface area (Å²) in [6.07, 6.45) is 4.03. The zero-order chi connectivity index (χ0) is 68.3. The molecule has 3 aliphatic carbocycles. The first-order valence-electron chi connectivity index (χ1n) is 31.3.